The van der Waals surface area contributed by atoms with Crippen LogP contribution in [-0.4, -0.2) is 140 Å². The molecule has 0 aliphatic carbocycles. The molecule has 404 valence electrons. The fraction of sp³-hybridized carbons (Fsp3) is 0.768. The summed E-state index contributed by atoms with van der Waals surface area (Å²) in [7, 11) is 0. The largest absolute Gasteiger partial charge is 0.394 e. The monoisotopic (exact) mass is 992 g/mol. The van der Waals surface area contributed by atoms with E-state index in [4.69, 9.17) is 18.9 Å². The first kappa shape index (κ1) is 63.5. The number of hydrogen-bond acceptors (Lipinski definition) is 13. The Morgan fingerprint density at radius 2 is 0.971 bits per heavy atom. The number of amides is 1. The first-order valence-electron chi connectivity index (χ1n) is 27.2. The normalized spacial score (nSPS) is 26.5. The Bertz CT molecular complexity index is 1450. The minimum atomic E-state index is -1.80. The van der Waals surface area contributed by atoms with Crippen LogP contribution in [-0.2, 0) is 23.7 Å². The summed E-state index contributed by atoms with van der Waals surface area (Å²) in [5, 5.41) is 86.8. The third kappa shape index (κ3) is 28.0. The van der Waals surface area contributed by atoms with Crippen LogP contribution in [0.5, 0.6) is 0 Å². The summed E-state index contributed by atoms with van der Waals surface area (Å²) in [6.45, 7) is 2.60. The smallest absolute Gasteiger partial charge is 0.224 e. The van der Waals surface area contributed by atoms with Crippen molar-refractivity contribution in [1.82, 2.24) is 5.32 Å². The van der Waals surface area contributed by atoms with Crippen LogP contribution in [0.1, 0.15) is 181 Å². The van der Waals surface area contributed by atoms with E-state index in [0.29, 0.717) is 6.42 Å². The molecule has 2 aliphatic rings. The molecular weight excluding hydrogens is 895 g/mol. The maximum absolute atomic E-state index is 13.1. The summed E-state index contributed by atoms with van der Waals surface area (Å²) in [6, 6.07) is -0.972. The maximum Gasteiger partial charge on any atom is 0.224 e. The second-order valence-corrected chi connectivity index (χ2v) is 19.0. The summed E-state index contributed by atoms with van der Waals surface area (Å²) in [5.41, 5.74) is 0. The van der Waals surface area contributed by atoms with Gasteiger partial charge in [0.2, 0.25) is 5.91 Å². The number of aliphatic hydroxyl groups is 8. The lowest BCUT2D eigenvalue weighted by molar-refractivity contribution is -0.359. The van der Waals surface area contributed by atoms with E-state index in [9.17, 15) is 45.6 Å². The van der Waals surface area contributed by atoms with Crippen molar-refractivity contribution in [2.75, 3.05) is 19.8 Å². The van der Waals surface area contributed by atoms with Crippen molar-refractivity contribution in [1.29, 1.82) is 0 Å². The second kappa shape index (κ2) is 41.9. The van der Waals surface area contributed by atoms with E-state index in [1.807, 2.05) is 18.2 Å². The third-order valence-electron chi connectivity index (χ3n) is 12.9. The molecule has 70 heavy (non-hydrogen) atoms. The molecule has 2 heterocycles. The van der Waals surface area contributed by atoms with Gasteiger partial charge in [0.15, 0.2) is 12.6 Å². The molecule has 2 rings (SSSR count). The highest BCUT2D eigenvalue weighted by Crippen LogP contribution is 2.30. The van der Waals surface area contributed by atoms with Gasteiger partial charge < -0.3 is 65.1 Å². The Labute approximate surface area is 421 Å². The zero-order chi connectivity index (χ0) is 51.0. The molecule has 0 saturated carbocycles. The van der Waals surface area contributed by atoms with Gasteiger partial charge in [-0.05, 0) is 44.9 Å². The minimum absolute atomic E-state index is 0.0463. The Hall–Kier alpha value is -2.57. The van der Waals surface area contributed by atoms with Gasteiger partial charge >= 0.3 is 0 Å². The molecular formula is C56H97NO13. The number of nitrogens with one attached hydrogen (secondary N) is 1. The standard InChI is InChI=1S/C56H97NO13/c1-3-5-7-9-11-13-15-17-19-20-21-22-23-24-26-27-29-31-33-35-37-39-45(60)44(57-48(61)40-38-36-34-32-30-28-25-18-16-14-12-10-8-6-4-2)43-67-55-53(66)51(64)54(47(42-59)69-55)70-56-52(65)50(63)49(62)46(41-58)68-56/h6,8,12,14,18,25,30,32,36-39,44-47,49-56,58-60,62-66H,3-5,7,9-11,13,15-17,19-24,26-29,31,33-35,40-43H2,1-2H3,(H,57,61)/b8-6-,14-12-,25-18-,32-30-,38-36-,39-37+. The lowest BCUT2D eigenvalue weighted by Gasteiger charge is -2.46. The summed E-state index contributed by atoms with van der Waals surface area (Å²) in [4.78, 5) is 13.1. The molecule has 2 aliphatic heterocycles. The number of aliphatic hydroxyl groups excluding tert-OH is 8. The molecule has 1 amide bonds. The van der Waals surface area contributed by atoms with Crippen LogP contribution in [0.2, 0.25) is 0 Å². The highest BCUT2D eigenvalue weighted by molar-refractivity contribution is 5.77. The fourth-order valence-electron chi connectivity index (χ4n) is 8.53. The van der Waals surface area contributed by atoms with E-state index in [1.165, 1.54) is 103 Å². The Morgan fingerprint density at radius 3 is 1.46 bits per heavy atom. The van der Waals surface area contributed by atoms with Crippen molar-refractivity contribution in [2.45, 2.75) is 254 Å². The molecule has 12 atom stereocenters. The predicted octanol–water partition coefficient (Wildman–Crippen LogP) is 7.99. The molecule has 12 unspecified atom stereocenters. The topological polar surface area (TPSA) is 228 Å². The number of carbonyl (C=O) groups excluding carboxylic acids is 1. The van der Waals surface area contributed by atoms with Gasteiger partial charge in [0.25, 0.3) is 0 Å². The number of rotatable bonds is 41. The minimum Gasteiger partial charge on any atom is -0.394 e. The summed E-state index contributed by atoms with van der Waals surface area (Å²) in [6.07, 6.45) is 36.8. The van der Waals surface area contributed by atoms with Gasteiger partial charge in [-0.15, -0.1) is 0 Å². The Kier molecular flexibility index (Phi) is 38.0. The summed E-state index contributed by atoms with van der Waals surface area (Å²) < 4.78 is 22.7. The molecule has 9 N–H and O–H groups in total. The molecule has 14 heteroatoms. The highest BCUT2D eigenvalue weighted by atomic mass is 16.7. The first-order chi connectivity index (χ1) is 34.1. The van der Waals surface area contributed by atoms with Gasteiger partial charge in [-0.25, -0.2) is 0 Å². The number of allylic oxidation sites excluding steroid dienone is 10. The number of carbonyl (C=O) groups is 1. The number of hydrogen-bond donors (Lipinski definition) is 9. The van der Waals surface area contributed by atoms with Crippen molar-refractivity contribution in [3.05, 3.63) is 72.9 Å². The van der Waals surface area contributed by atoms with Crippen LogP contribution in [0.4, 0.5) is 0 Å². The van der Waals surface area contributed by atoms with Gasteiger partial charge in [0.05, 0.1) is 32.0 Å². The van der Waals surface area contributed by atoms with Crippen LogP contribution in [0.3, 0.4) is 0 Å². The zero-order valence-electron chi connectivity index (χ0n) is 43.0. The summed E-state index contributed by atoms with van der Waals surface area (Å²) in [5.74, 6) is -0.368. The van der Waals surface area contributed by atoms with Gasteiger partial charge in [-0.1, -0.05) is 202 Å². The second-order valence-electron chi connectivity index (χ2n) is 19.0. The van der Waals surface area contributed by atoms with Crippen molar-refractivity contribution < 1.29 is 64.6 Å². The molecule has 0 aromatic carbocycles. The Morgan fingerprint density at radius 1 is 0.529 bits per heavy atom. The molecule has 0 aromatic heterocycles. The number of ether oxygens (including phenoxy) is 4. The van der Waals surface area contributed by atoms with Gasteiger partial charge in [0, 0.05) is 6.42 Å². The van der Waals surface area contributed by atoms with E-state index >= 15 is 0 Å². The van der Waals surface area contributed by atoms with Crippen molar-refractivity contribution in [3.8, 4) is 0 Å². The lowest BCUT2D eigenvalue weighted by atomic mass is 9.97. The van der Waals surface area contributed by atoms with Gasteiger partial charge in [-0.2, -0.15) is 0 Å². The van der Waals surface area contributed by atoms with Crippen molar-refractivity contribution >= 4 is 5.91 Å². The average Bonchev–Trinajstić information content (AvgIpc) is 3.36. The van der Waals surface area contributed by atoms with Gasteiger partial charge in [-0.3, -0.25) is 4.79 Å². The average molecular weight is 992 g/mol. The molecule has 0 radical (unpaired) electrons. The number of unbranched alkanes of at least 4 members (excludes halogenated alkanes) is 19. The van der Waals surface area contributed by atoms with Gasteiger partial charge in [0.1, 0.15) is 48.8 Å². The quantitative estimate of drug-likeness (QED) is 0.0209. The van der Waals surface area contributed by atoms with E-state index in [2.05, 4.69) is 61.7 Å². The molecule has 2 fully saturated rings. The van der Waals surface area contributed by atoms with Crippen LogP contribution in [0.25, 0.3) is 0 Å². The maximum atomic E-state index is 13.1. The molecule has 0 aromatic rings. The Balaban J connectivity index is 1.85. The molecule has 2 saturated heterocycles. The van der Waals surface area contributed by atoms with Crippen molar-refractivity contribution in [3.63, 3.8) is 0 Å². The fourth-order valence-corrected chi connectivity index (χ4v) is 8.53. The predicted molar refractivity (Wildman–Crippen MR) is 277 cm³/mol. The molecule has 14 nitrogen and oxygen atoms in total. The van der Waals surface area contributed by atoms with Crippen LogP contribution >= 0.6 is 0 Å². The van der Waals surface area contributed by atoms with Crippen LogP contribution < -0.4 is 5.32 Å². The van der Waals surface area contributed by atoms with E-state index in [-0.39, 0.29) is 18.9 Å². The van der Waals surface area contributed by atoms with E-state index < -0.39 is 86.8 Å². The zero-order valence-corrected chi connectivity index (χ0v) is 43.0. The lowest BCUT2D eigenvalue weighted by Crippen LogP contribution is -2.65. The SMILES string of the molecule is CC/C=C\C/C=C\C/C=C\C/C=C\C/C=C\CC(=O)NC(COC1OC(CO)C(OC2OC(CO)C(O)C(O)C2O)C(O)C1O)C(O)/C=C/CCCCCCCCCCCCCCCCCCCCC. The van der Waals surface area contributed by atoms with E-state index in [1.54, 1.807) is 12.2 Å². The van der Waals surface area contributed by atoms with Crippen molar-refractivity contribution in [2.24, 2.45) is 0 Å². The van der Waals surface area contributed by atoms with Crippen LogP contribution in [0.15, 0.2) is 72.9 Å². The molecule has 0 spiro atoms. The first-order valence-corrected chi connectivity index (χ1v) is 27.2. The highest BCUT2D eigenvalue weighted by Gasteiger charge is 2.51. The summed E-state index contributed by atoms with van der Waals surface area (Å²) >= 11 is 0. The van der Waals surface area contributed by atoms with E-state index in [0.717, 1.165) is 51.4 Å². The van der Waals surface area contributed by atoms with Crippen LogP contribution in [0, 0.1) is 0 Å². The third-order valence-corrected chi connectivity index (χ3v) is 12.9. The molecule has 0 bridgehead atoms.